The molecule has 0 aromatic heterocycles. The molecule has 3 rings (SSSR count). The summed E-state index contributed by atoms with van der Waals surface area (Å²) in [6, 6.07) is 15.6. The zero-order chi connectivity index (χ0) is 19.3. The molecular formula is C22H28N2O3. The molecule has 1 unspecified atom stereocenters. The summed E-state index contributed by atoms with van der Waals surface area (Å²) in [6.45, 7) is 5.83. The lowest BCUT2D eigenvalue weighted by molar-refractivity contribution is 0.0437. The van der Waals surface area contributed by atoms with Crippen molar-refractivity contribution in [2.75, 3.05) is 32.2 Å². The minimum absolute atomic E-state index is 0.00112. The maximum atomic E-state index is 13.2. The van der Waals surface area contributed by atoms with Gasteiger partial charge in [0.05, 0.1) is 18.8 Å². The number of rotatable bonds is 8. The smallest absolute Gasteiger partial charge is 0.258 e. The largest absolute Gasteiger partial charge is 0.494 e. The van der Waals surface area contributed by atoms with E-state index in [1.165, 1.54) is 0 Å². The predicted octanol–water partition coefficient (Wildman–Crippen LogP) is 4.25. The van der Waals surface area contributed by atoms with Gasteiger partial charge >= 0.3 is 0 Å². The van der Waals surface area contributed by atoms with Crippen LogP contribution in [-0.4, -0.2) is 37.7 Å². The van der Waals surface area contributed by atoms with Crippen molar-refractivity contribution in [1.82, 2.24) is 4.90 Å². The van der Waals surface area contributed by atoms with Crippen molar-refractivity contribution in [2.45, 2.75) is 32.4 Å². The Bertz CT molecular complexity index is 793. The van der Waals surface area contributed by atoms with Gasteiger partial charge in [0.1, 0.15) is 11.4 Å². The number of hydrogen-bond donors (Lipinski definition) is 1. The number of ether oxygens (including phenoxy) is 2. The Balaban J connectivity index is 1.97. The van der Waals surface area contributed by atoms with Gasteiger partial charge in [0.2, 0.25) is 0 Å². The summed E-state index contributed by atoms with van der Waals surface area (Å²) in [5.41, 5.74) is 1.82. The van der Waals surface area contributed by atoms with E-state index < -0.39 is 5.66 Å². The number of methoxy groups -OCH3 is 1. The number of nitrogens with zero attached hydrogens (tertiary/aromatic N) is 1. The van der Waals surface area contributed by atoms with Crippen LogP contribution < -0.4 is 10.1 Å². The lowest BCUT2D eigenvalue weighted by Gasteiger charge is -2.46. The van der Waals surface area contributed by atoms with Gasteiger partial charge in [0, 0.05) is 24.9 Å². The van der Waals surface area contributed by atoms with E-state index in [4.69, 9.17) is 9.47 Å². The maximum Gasteiger partial charge on any atom is 0.258 e. The topological polar surface area (TPSA) is 50.8 Å². The number of amides is 1. The number of carbonyl (C=O) groups excluding carboxylic acids is 1. The second kappa shape index (κ2) is 8.44. The van der Waals surface area contributed by atoms with Crippen molar-refractivity contribution in [2.24, 2.45) is 0 Å². The van der Waals surface area contributed by atoms with Gasteiger partial charge in [-0.15, -0.1) is 0 Å². The fourth-order valence-electron chi connectivity index (χ4n) is 3.42. The molecule has 0 saturated carbocycles. The molecule has 0 radical (unpaired) electrons. The number of nitrogens with one attached hydrogen (secondary N) is 1. The zero-order valence-corrected chi connectivity index (χ0v) is 16.3. The van der Waals surface area contributed by atoms with Crippen LogP contribution in [0.5, 0.6) is 5.75 Å². The molecular weight excluding hydrogens is 340 g/mol. The van der Waals surface area contributed by atoms with E-state index in [1.54, 1.807) is 7.11 Å². The number of fused-ring (bicyclic) bond motifs is 1. The SMILES string of the molecule is CCCCOc1cccc(C2(C)Nc3ccccc3C(=O)N2CCOC)c1. The van der Waals surface area contributed by atoms with Gasteiger partial charge in [-0.3, -0.25) is 4.79 Å². The van der Waals surface area contributed by atoms with Crippen LogP contribution in [0, 0.1) is 0 Å². The maximum absolute atomic E-state index is 13.2. The number of carbonyl (C=O) groups is 1. The molecule has 1 amide bonds. The third-order valence-corrected chi connectivity index (χ3v) is 5.00. The van der Waals surface area contributed by atoms with Crippen LogP contribution in [0.1, 0.15) is 42.6 Å². The van der Waals surface area contributed by atoms with Crippen molar-refractivity contribution in [1.29, 1.82) is 0 Å². The molecule has 0 aliphatic carbocycles. The summed E-state index contributed by atoms with van der Waals surface area (Å²) in [4.78, 5) is 15.0. The fourth-order valence-corrected chi connectivity index (χ4v) is 3.42. The van der Waals surface area contributed by atoms with Crippen LogP contribution in [0.25, 0.3) is 0 Å². The minimum Gasteiger partial charge on any atom is -0.494 e. The highest BCUT2D eigenvalue weighted by Crippen LogP contribution is 2.38. The second-order valence-corrected chi connectivity index (χ2v) is 6.92. The molecule has 5 nitrogen and oxygen atoms in total. The van der Waals surface area contributed by atoms with Crippen molar-refractivity contribution < 1.29 is 14.3 Å². The van der Waals surface area contributed by atoms with Gasteiger partial charge in [-0.2, -0.15) is 0 Å². The van der Waals surface area contributed by atoms with E-state index in [1.807, 2.05) is 60.4 Å². The van der Waals surface area contributed by atoms with Gasteiger partial charge in [-0.05, 0) is 37.6 Å². The normalized spacial score (nSPS) is 18.8. The number of anilines is 1. The lowest BCUT2D eigenvalue weighted by atomic mass is 9.93. The Morgan fingerprint density at radius 3 is 2.70 bits per heavy atom. The quantitative estimate of drug-likeness (QED) is 0.708. The van der Waals surface area contributed by atoms with Crippen LogP contribution in [0.2, 0.25) is 0 Å². The van der Waals surface area contributed by atoms with E-state index in [9.17, 15) is 4.79 Å². The van der Waals surface area contributed by atoms with E-state index >= 15 is 0 Å². The molecule has 1 aliphatic rings. The Hall–Kier alpha value is -2.53. The Kier molecular flexibility index (Phi) is 6.01. The molecule has 0 saturated heterocycles. The van der Waals surface area contributed by atoms with Gasteiger partial charge < -0.3 is 19.7 Å². The first-order valence-electron chi connectivity index (χ1n) is 9.51. The van der Waals surface area contributed by atoms with Crippen molar-refractivity contribution in [3.63, 3.8) is 0 Å². The first-order chi connectivity index (χ1) is 13.1. The average molecular weight is 368 g/mol. The van der Waals surface area contributed by atoms with E-state index in [0.29, 0.717) is 25.3 Å². The van der Waals surface area contributed by atoms with Gasteiger partial charge in [-0.1, -0.05) is 37.6 Å². The predicted molar refractivity (Wildman–Crippen MR) is 107 cm³/mol. The van der Waals surface area contributed by atoms with E-state index in [2.05, 4.69) is 12.2 Å². The average Bonchev–Trinajstić information content (AvgIpc) is 2.68. The fraction of sp³-hybridized carbons (Fsp3) is 0.409. The van der Waals surface area contributed by atoms with Crippen molar-refractivity contribution >= 4 is 11.6 Å². The highest BCUT2D eigenvalue weighted by atomic mass is 16.5. The van der Waals surface area contributed by atoms with E-state index in [0.717, 1.165) is 29.8 Å². The Morgan fingerprint density at radius 1 is 1.11 bits per heavy atom. The third kappa shape index (κ3) is 3.93. The van der Waals surface area contributed by atoms with Crippen LogP contribution >= 0.6 is 0 Å². The first-order valence-corrected chi connectivity index (χ1v) is 9.51. The molecule has 0 spiro atoms. The summed E-state index contributed by atoms with van der Waals surface area (Å²) < 4.78 is 11.1. The lowest BCUT2D eigenvalue weighted by Crippen LogP contribution is -2.56. The highest BCUT2D eigenvalue weighted by Gasteiger charge is 2.42. The van der Waals surface area contributed by atoms with Crippen molar-refractivity contribution in [3.05, 3.63) is 59.7 Å². The highest BCUT2D eigenvalue weighted by molar-refractivity contribution is 6.02. The summed E-state index contributed by atoms with van der Waals surface area (Å²) in [6.07, 6.45) is 2.11. The van der Waals surface area contributed by atoms with Gasteiger partial charge in [0.15, 0.2) is 0 Å². The molecule has 0 bridgehead atoms. The summed E-state index contributed by atoms with van der Waals surface area (Å²) in [5.74, 6) is 0.822. The van der Waals surface area contributed by atoms with Crippen LogP contribution in [0.3, 0.4) is 0 Å². The van der Waals surface area contributed by atoms with Gasteiger partial charge in [-0.25, -0.2) is 0 Å². The summed E-state index contributed by atoms with van der Waals surface area (Å²) >= 11 is 0. The first kappa shape index (κ1) is 19.2. The second-order valence-electron chi connectivity index (χ2n) is 6.92. The molecule has 0 fully saturated rings. The molecule has 27 heavy (non-hydrogen) atoms. The monoisotopic (exact) mass is 368 g/mol. The molecule has 1 atom stereocenters. The molecule has 5 heteroatoms. The Morgan fingerprint density at radius 2 is 1.93 bits per heavy atom. The third-order valence-electron chi connectivity index (χ3n) is 5.00. The van der Waals surface area contributed by atoms with Gasteiger partial charge in [0.25, 0.3) is 5.91 Å². The summed E-state index contributed by atoms with van der Waals surface area (Å²) in [5, 5.41) is 3.57. The number of hydrogen-bond acceptors (Lipinski definition) is 4. The van der Waals surface area contributed by atoms with Crippen LogP contribution in [0.4, 0.5) is 5.69 Å². The molecule has 1 aliphatic heterocycles. The molecule has 2 aromatic rings. The minimum atomic E-state index is -0.686. The zero-order valence-electron chi connectivity index (χ0n) is 16.3. The molecule has 2 aromatic carbocycles. The van der Waals surface area contributed by atoms with E-state index in [-0.39, 0.29) is 5.91 Å². The van der Waals surface area contributed by atoms with Crippen LogP contribution in [-0.2, 0) is 10.4 Å². The Labute approximate surface area is 161 Å². The molecule has 1 heterocycles. The number of benzene rings is 2. The molecule has 1 N–H and O–H groups in total. The molecule has 144 valence electrons. The van der Waals surface area contributed by atoms with Crippen LogP contribution in [0.15, 0.2) is 48.5 Å². The number of unbranched alkanes of at least 4 members (excludes halogenated alkanes) is 1. The standard InChI is InChI=1S/C22H28N2O3/c1-4-5-14-27-18-10-8-9-17(16-18)22(2)23-20-12-7-6-11-19(20)21(25)24(22)13-15-26-3/h6-12,16,23H,4-5,13-15H2,1-3H3. The number of para-hydroxylation sites is 1. The summed E-state index contributed by atoms with van der Waals surface area (Å²) in [7, 11) is 1.65. The van der Waals surface area contributed by atoms with Crippen molar-refractivity contribution in [3.8, 4) is 5.75 Å².